The average molecular weight is 166 g/mol. The Hall–Kier alpha value is -0.590. The normalized spacial score (nSPS) is 27.0. The fourth-order valence-corrected chi connectivity index (χ4v) is 1.91. The van der Waals surface area contributed by atoms with E-state index in [-0.39, 0.29) is 11.3 Å². The Morgan fingerprint density at radius 3 is 2.58 bits per heavy atom. The summed E-state index contributed by atoms with van der Waals surface area (Å²) >= 11 is 0. The minimum Gasteiger partial charge on any atom is -0.299 e. The van der Waals surface area contributed by atoms with E-state index in [9.17, 15) is 4.79 Å². The highest BCUT2D eigenvalue weighted by Crippen LogP contribution is 2.43. The molecule has 0 fully saturated rings. The van der Waals surface area contributed by atoms with Gasteiger partial charge in [-0.1, -0.05) is 32.4 Å². The Bertz CT molecular complexity index is 223. The van der Waals surface area contributed by atoms with Crippen molar-refractivity contribution >= 4 is 5.78 Å². The number of allylic oxidation sites excluding steroid dienone is 2. The van der Waals surface area contributed by atoms with Crippen LogP contribution in [0.5, 0.6) is 0 Å². The van der Waals surface area contributed by atoms with E-state index in [0.29, 0.717) is 12.2 Å². The molecular formula is C11H18O. The third-order valence-electron chi connectivity index (χ3n) is 3.28. The molecule has 1 atom stereocenters. The van der Waals surface area contributed by atoms with Crippen LogP contribution >= 0.6 is 0 Å². The molecule has 0 saturated carbocycles. The predicted molar refractivity (Wildman–Crippen MR) is 50.9 cm³/mol. The highest BCUT2D eigenvalue weighted by molar-refractivity contribution is 5.82. The molecule has 0 spiro atoms. The summed E-state index contributed by atoms with van der Waals surface area (Å²) in [5.41, 5.74) is 1.47. The van der Waals surface area contributed by atoms with Crippen molar-refractivity contribution < 1.29 is 4.79 Å². The number of hydrogen-bond acceptors (Lipinski definition) is 1. The Balaban J connectivity index is 2.80. The smallest absolute Gasteiger partial charge is 0.136 e. The molecular weight excluding hydrogens is 148 g/mol. The summed E-state index contributed by atoms with van der Waals surface area (Å²) in [6.45, 7) is 8.42. The van der Waals surface area contributed by atoms with Crippen LogP contribution in [0.25, 0.3) is 0 Å². The lowest BCUT2D eigenvalue weighted by Gasteiger charge is -2.28. The molecule has 1 unspecified atom stereocenters. The van der Waals surface area contributed by atoms with E-state index in [1.54, 1.807) is 0 Å². The van der Waals surface area contributed by atoms with Crippen molar-refractivity contribution in [2.24, 2.45) is 11.3 Å². The van der Waals surface area contributed by atoms with Gasteiger partial charge >= 0.3 is 0 Å². The highest BCUT2D eigenvalue weighted by atomic mass is 16.1. The van der Waals surface area contributed by atoms with Gasteiger partial charge in [0.15, 0.2) is 0 Å². The minimum atomic E-state index is 0.104. The molecule has 0 aromatic carbocycles. The zero-order valence-corrected chi connectivity index (χ0v) is 8.48. The van der Waals surface area contributed by atoms with Gasteiger partial charge in [0, 0.05) is 12.3 Å². The quantitative estimate of drug-likeness (QED) is 0.576. The SMILES string of the molecule is CCC(=O)C1CC=C(C)C1(C)C. The first-order chi connectivity index (χ1) is 5.50. The molecule has 0 N–H and O–H groups in total. The first kappa shape index (κ1) is 9.50. The molecule has 0 aromatic rings. The van der Waals surface area contributed by atoms with Crippen LogP contribution in [0.1, 0.15) is 40.5 Å². The highest BCUT2D eigenvalue weighted by Gasteiger charge is 2.38. The largest absolute Gasteiger partial charge is 0.299 e. The van der Waals surface area contributed by atoms with Gasteiger partial charge in [0.05, 0.1) is 0 Å². The molecule has 0 radical (unpaired) electrons. The van der Waals surface area contributed by atoms with E-state index in [1.165, 1.54) is 5.57 Å². The van der Waals surface area contributed by atoms with Crippen LogP contribution in [0, 0.1) is 11.3 Å². The van der Waals surface area contributed by atoms with Crippen molar-refractivity contribution in [1.29, 1.82) is 0 Å². The lowest BCUT2D eigenvalue weighted by atomic mass is 9.75. The zero-order valence-electron chi connectivity index (χ0n) is 8.48. The van der Waals surface area contributed by atoms with E-state index in [4.69, 9.17) is 0 Å². The molecule has 1 aliphatic rings. The number of rotatable bonds is 2. The van der Waals surface area contributed by atoms with Gasteiger partial charge in [-0.2, -0.15) is 0 Å². The molecule has 0 bridgehead atoms. The van der Waals surface area contributed by atoms with Gasteiger partial charge in [0.25, 0.3) is 0 Å². The van der Waals surface area contributed by atoms with Gasteiger partial charge in [-0.25, -0.2) is 0 Å². The van der Waals surface area contributed by atoms with Crippen LogP contribution in [0.2, 0.25) is 0 Å². The van der Waals surface area contributed by atoms with Crippen LogP contribution in [0.4, 0.5) is 0 Å². The predicted octanol–water partition coefficient (Wildman–Crippen LogP) is 2.96. The van der Waals surface area contributed by atoms with Gasteiger partial charge in [-0.3, -0.25) is 4.79 Å². The van der Waals surface area contributed by atoms with E-state index in [0.717, 1.165) is 6.42 Å². The topological polar surface area (TPSA) is 17.1 Å². The van der Waals surface area contributed by atoms with E-state index >= 15 is 0 Å². The first-order valence-electron chi connectivity index (χ1n) is 4.70. The standard InChI is InChI=1S/C11H18O/c1-5-10(12)9-7-6-8(2)11(9,3)4/h6,9H,5,7H2,1-4H3. The molecule has 1 rings (SSSR count). The summed E-state index contributed by atoms with van der Waals surface area (Å²) in [6.07, 6.45) is 3.83. The summed E-state index contributed by atoms with van der Waals surface area (Å²) in [5, 5.41) is 0. The lowest BCUT2D eigenvalue weighted by molar-refractivity contribution is -0.124. The van der Waals surface area contributed by atoms with Crippen molar-refractivity contribution in [3.05, 3.63) is 11.6 Å². The van der Waals surface area contributed by atoms with Crippen molar-refractivity contribution in [2.45, 2.75) is 40.5 Å². The number of Topliss-reactive ketones (excluding diaryl/α,β-unsaturated/α-hetero) is 1. The van der Waals surface area contributed by atoms with Crippen molar-refractivity contribution in [1.82, 2.24) is 0 Å². The Morgan fingerprint density at radius 2 is 2.25 bits per heavy atom. The van der Waals surface area contributed by atoms with Gasteiger partial charge in [-0.05, 0) is 18.8 Å². The summed E-state index contributed by atoms with van der Waals surface area (Å²) < 4.78 is 0. The maximum absolute atomic E-state index is 11.5. The second kappa shape index (κ2) is 3.04. The van der Waals surface area contributed by atoms with Gasteiger partial charge in [0.1, 0.15) is 5.78 Å². The maximum atomic E-state index is 11.5. The number of hydrogen-bond donors (Lipinski definition) is 0. The molecule has 1 nitrogen and oxygen atoms in total. The lowest BCUT2D eigenvalue weighted by Crippen LogP contribution is -2.27. The monoisotopic (exact) mass is 166 g/mol. The zero-order chi connectivity index (χ0) is 9.35. The van der Waals surface area contributed by atoms with Crippen LogP contribution in [-0.2, 0) is 4.79 Å². The second-order valence-electron chi connectivity index (χ2n) is 4.22. The molecule has 1 heteroatoms. The van der Waals surface area contributed by atoms with Crippen LogP contribution in [-0.4, -0.2) is 5.78 Å². The second-order valence-corrected chi connectivity index (χ2v) is 4.22. The third-order valence-corrected chi connectivity index (χ3v) is 3.28. The fraction of sp³-hybridized carbons (Fsp3) is 0.727. The summed E-state index contributed by atoms with van der Waals surface area (Å²) in [4.78, 5) is 11.5. The minimum absolute atomic E-state index is 0.104. The van der Waals surface area contributed by atoms with Crippen LogP contribution in [0.15, 0.2) is 11.6 Å². The molecule has 0 aromatic heterocycles. The van der Waals surface area contributed by atoms with Gasteiger partial charge < -0.3 is 0 Å². The first-order valence-corrected chi connectivity index (χ1v) is 4.70. The molecule has 1 aliphatic carbocycles. The maximum Gasteiger partial charge on any atom is 0.136 e. The molecule has 0 amide bonds. The van der Waals surface area contributed by atoms with Crippen molar-refractivity contribution in [2.75, 3.05) is 0 Å². The Kier molecular flexibility index (Phi) is 2.41. The molecule has 12 heavy (non-hydrogen) atoms. The number of ketones is 1. The Morgan fingerprint density at radius 1 is 1.67 bits per heavy atom. The van der Waals surface area contributed by atoms with E-state index < -0.39 is 0 Å². The average Bonchev–Trinajstić information content (AvgIpc) is 2.27. The number of carbonyl (C=O) groups is 1. The summed E-state index contributed by atoms with van der Waals surface area (Å²) in [5.74, 6) is 0.649. The third kappa shape index (κ3) is 1.33. The van der Waals surface area contributed by atoms with E-state index in [1.807, 2.05) is 6.92 Å². The van der Waals surface area contributed by atoms with Crippen molar-refractivity contribution in [3.8, 4) is 0 Å². The molecule has 0 saturated heterocycles. The van der Waals surface area contributed by atoms with Crippen LogP contribution in [0.3, 0.4) is 0 Å². The van der Waals surface area contributed by atoms with Gasteiger partial charge in [-0.15, -0.1) is 0 Å². The Labute approximate surface area is 74.9 Å². The number of carbonyl (C=O) groups excluding carboxylic acids is 1. The molecule has 0 heterocycles. The summed E-state index contributed by atoms with van der Waals surface area (Å²) in [6, 6.07) is 0. The fourth-order valence-electron chi connectivity index (χ4n) is 1.91. The van der Waals surface area contributed by atoms with E-state index in [2.05, 4.69) is 26.8 Å². The summed E-state index contributed by atoms with van der Waals surface area (Å²) in [7, 11) is 0. The van der Waals surface area contributed by atoms with Crippen molar-refractivity contribution in [3.63, 3.8) is 0 Å². The van der Waals surface area contributed by atoms with Gasteiger partial charge in [0.2, 0.25) is 0 Å². The molecule has 0 aliphatic heterocycles. The van der Waals surface area contributed by atoms with Crippen LogP contribution < -0.4 is 0 Å². The molecule has 68 valence electrons.